The Morgan fingerprint density at radius 3 is 2.63 bits per heavy atom. The number of hydrogen-bond donors (Lipinski definition) is 1. The zero-order valence-electron chi connectivity index (χ0n) is 15.8. The third kappa shape index (κ3) is 3.85. The van der Waals surface area contributed by atoms with Crippen molar-refractivity contribution in [3.63, 3.8) is 0 Å². The fourth-order valence-corrected chi connectivity index (χ4v) is 3.72. The summed E-state index contributed by atoms with van der Waals surface area (Å²) >= 11 is 1.07. The van der Waals surface area contributed by atoms with Crippen molar-refractivity contribution in [1.82, 2.24) is 10.3 Å². The SMILES string of the molecule is C[n+]1[nH]oc(=O)c1C(=O)CSC1=N/C(=C/c2ccccn2)C(=O)N1c1ccccc1. The molecule has 0 saturated carbocycles. The lowest BCUT2D eigenvalue weighted by molar-refractivity contribution is -0.741. The summed E-state index contributed by atoms with van der Waals surface area (Å²) in [6.07, 6.45) is 3.22. The van der Waals surface area contributed by atoms with E-state index in [4.69, 9.17) is 0 Å². The molecule has 0 saturated heterocycles. The number of amides is 1. The Labute approximate surface area is 174 Å². The number of H-pyrrole nitrogens is 1. The highest BCUT2D eigenvalue weighted by molar-refractivity contribution is 8.14. The summed E-state index contributed by atoms with van der Waals surface area (Å²) in [4.78, 5) is 47.3. The molecule has 150 valence electrons. The molecule has 2 aromatic heterocycles. The van der Waals surface area contributed by atoms with Crippen LogP contribution in [0.3, 0.4) is 0 Å². The van der Waals surface area contributed by atoms with Crippen LogP contribution in [0.15, 0.2) is 74.7 Å². The number of para-hydroxylation sites is 1. The third-order valence-electron chi connectivity index (χ3n) is 4.22. The van der Waals surface area contributed by atoms with E-state index in [9.17, 15) is 14.4 Å². The van der Waals surface area contributed by atoms with Crippen LogP contribution in [0.2, 0.25) is 0 Å². The molecule has 3 aromatic rings. The van der Waals surface area contributed by atoms with Crippen LogP contribution in [-0.2, 0) is 11.8 Å². The normalized spacial score (nSPS) is 15.0. The van der Waals surface area contributed by atoms with Gasteiger partial charge in [0.1, 0.15) is 5.70 Å². The number of Topliss-reactive ketones (excluding diaryl/α,β-unsaturated/α-hetero) is 1. The van der Waals surface area contributed by atoms with Gasteiger partial charge >= 0.3 is 11.3 Å². The first kappa shape index (κ1) is 19.5. The van der Waals surface area contributed by atoms with Crippen molar-refractivity contribution in [3.8, 4) is 0 Å². The Morgan fingerprint density at radius 2 is 1.97 bits per heavy atom. The van der Waals surface area contributed by atoms with Crippen molar-refractivity contribution in [3.05, 3.63) is 82.2 Å². The van der Waals surface area contributed by atoms with Gasteiger partial charge in [-0.2, -0.15) is 0 Å². The monoisotopic (exact) mass is 422 g/mol. The molecule has 0 fully saturated rings. The number of carbonyl (C=O) groups is 2. The van der Waals surface area contributed by atoms with E-state index in [-0.39, 0.29) is 23.1 Å². The lowest BCUT2D eigenvalue weighted by Crippen LogP contribution is -2.40. The van der Waals surface area contributed by atoms with Gasteiger partial charge in [-0.1, -0.05) is 40.7 Å². The van der Waals surface area contributed by atoms with Crippen molar-refractivity contribution < 1.29 is 18.8 Å². The minimum absolute atomic E-state index is 0.0945. The standard InChI is InChI=1S/C20H15N5O4S/c1-24-17(19(28)29-23-24)16(26)12-30-20-22-15(11-13-7-5-6-10-21-13)18(27)25(20)14-8-3-2-4-9-14/h2-11H,12H2,1H3/p+1/b15-11+. The molecule has 3 heterocycles. The molecule has 0 aliphatic carbocycles. The lowest BCUT2D eigenvalue weighted by Gasteiger charge is -2.17. The van der Waals surface area contributed by atoms with E-state index in [1.807, 2.05) is 24.3 Å². The van der Waals surface area contributed by atoms with Crippen LogP contribution in [0, 0.1) is 0 Å². The fraction of sp³-hybridized carbons (Fsp3) is 0.100. The van der Waals surface area contributed by atoms with Crippen LogP contribution in [-0.4, -0.2) is 32.9 Å². The van der Waals surface area contributed by atoms with Crippen LogP contribution in [0.4, 0.5) is 5.69 Å². The Morgan fingerprint density at radius 1 is 1.20 bits per heavy atom. The molecule has 10 heteroatoms. The Balaban J connectivity index is 1.64. The zero-order valence-corrected chi connectivity index (χ0v) is 16.6. The van der Waals surface area contributed by atoms with Crippen molar-refractivity contribution in [2.24, 2.45) is 12.0 Å². The zero-order chi connectivity index (χ0) is 21.1. The Bertz CT molecular complexity index is 1210. The number of aromatic amines is 1. The van der Waals surface area contributed by atoms with Crippen LogP contribution < -0.4 is 15.2 Å². The lowest BCUT2D eigenvalue weighted by atomic mass is 10.2. The second-order valence-corrected chi connectivity index (χ2v) is 7.20. The molecule has 1 N–H and O–H groups in total. The second kappa shape index (κ2) is 8.29. The Kier molecular flexibility index (Phi) is 5.40. The van der Waals surface area contributed by atoms with Crippen LogP contribution in [0.25, 0.3) is 6.08 Å². The molecule has 0 unspecified atom stereocenters. The molecular weight excluding hydrogens is 406 g/mol. The largest absolute Gasteiger partial charge is 0.438 e. The molecule has 1 amide bonds. The predicted molar refractivity (Wildman–Crippen MR) is 111 cm³/mol. The number of rotatable bonds is 5. The molecule has 1 aliphatic rings. The highest BCUT2D eigenvalue weighted by Crippen LogP contribution is 2.29. The summed E-state index contributed by atoms with van der Waals surface area (Å²) in [5.41, 5.74) is 0.569. The molecular formula is C20H16N5O4S+. The van der Waals surface area contributed by atoms with E-state index in [0.29, 0.717) is 16.5 Å². The summed E-state index contributed by atoms with van der Waals surface area (Å²) in [6, 6.07) is 14.4. The van der Waals surface area contributed by atoms with Gasteiger partial charge in [0, 0.05) is 6.20 Å². The average Bonchev–Trinajstić information content (AvgIpc) is 3.26. The Hall–Kier alpha value is -3.79. The van der Waals surface area contributed by atoms with Gasteiger partial charge in [0.15, 0.2) is 12.2 Å². The number of benzene rings is 1. The predicted octanol–water partition coefficient (Wildman–Crippen LogP) is 1.55. The summed E-state index contributed by atoms with van der Waals surface area (Å²) in [7, 11) is 1.50. The first-order valence-corrected chi connectivity index (χ1v) is 9.87. The fourth-order valence-electron chi connectivity index (χ4n) is 2.84. The number of nitrogens with one attached hydrogen (secondary N) is 1. The molecule has 0 bridgehead atoms. The molecule has 1 aromatic carbocycles. The molecule has 9 nitrogen and oxygen atoms in total. The second-order valence-electron chi connectivity index (χ2n) is 6.25. The van der Waals surface area contributed by atoms with Gasteiger partial charge in [0.25, 0.3) is 5.91 Å². The van der Waals surface area contributed by atoms with Crippen LogP contribution in [0.5, 0.6) is 0 Å². The first-order chi connectivity index (χ1) is 14.5. The number of aliphatic imine (C=N–C) groups is 1. The first-order valence-electron chi connectivity index (χ1n) is 8.89. The minimum Gasteiger partial charge on any atom is -0.286 e. The summed E-state index contributed by atoms with van der Waals surface area (Å²) in [5, 5.41) is 2.65. The summed E-state index contributed by atoms with van der Waals surface area (Å²) in [5.74, 6) is -0.862. The number of amidine groups is 1. The molecule has 30 heavy (non-hydrogen) atoms. The van der Waals surface area contributed by atoms with Gasteiger partial charge in [-0.05, 0) is 35.6 Å². The van der Waals surface area contributed by atoms with Gasteiger partial charge in [-0.25, -0.2) is 9.79 Å². The molecule has 0 atom stereocenters. The number of thioether (sulfide) groups is 1. The number of carbonyl (C=O) groups excluding carboxylic acids is 2. The van der Waals surface area contributed by atoms with Gasteiger partial charge in [-0.15, -0.1) is 0 Å². The van der Waals surface area contributed by atoms with Crippen molar-refractivity contribution in [2.75, 3.05) is 10.7 Å². The highest BCUT2D eigenvalue weighted by Gasteiger charge is 2.34. The smallest absolute Gasteiger partial charge is 0.286 e. The topological polar surface area (TPSA) is 113 Å². The maximum absolute atomic E-state index is 13.0. The van der Waals surface area contributed by atoms with Gasteiger partial charge in [0.2, 0.25) is 5.78 Å². The van der Waals surface area contributed by atoms with Gasteiger partial charge in [0.05, 0.1) is 17.1 Å². The van der Waals surface area contributed by atoms with E-state index in [1.165, 1.54) is 16.6 Å². The number of pyridine rings is 1. The van der Waals surface area contributed by atoms with Crippen LogP contribution in [0.1, 0.15) is 16.2 Å². The number of nitrogens with zero attached hydrogens (tertiary/aromatic N) is 4. The maximum atomic E-state index is 13.0. The summed E-state index contributed by atoms with van der Waals surface area (Å²) < 4.78 is 5.84. The minimum atomic E-state index is -0.747. The van der Waals surface area contributed by atoms with Gasteiger partial charge in [-0.3, -0.25) is 24.0 Å². The molecule has 4 rings (SSSR count). The van der Waals surface area contributed by atoms with E-state index in [1.54, 1.807) is 36.5 Å². The maximum Gasteiger partial charge on any atom is 0.438 e. The van der Waals surface area contributed by atoms with Crippen molar-refractivity contribution >= 4 is 40.4 Å². The summed E-state index contributed by atoms with van der Waals surface area (Å²) in [6.45, 7) is 0. The number of ketones is 1. The number of aromatic nitrogens is 3. The van der Waals surface area contributed by atoms with E-state index in [2.05, 4.69) is 19.8 Å². The molecule has 1 aliphatic heterocycles. The molecule has 0 spiro atoms. The van der Waals surface area contributed by atoms with E-state index in [0.717, 1.165) is 11.8 Å². The van der Waals surface area contributed by atoms with Crippen LogP contribution >= 0.6 is 11.8 Å². The van der Waals surface area contributed by atoms with E-state index < -0.39 is 11.4 Å². The average molecular weight is 422 g/mol. The quantitative estimate of drug-likeness (QED) is 0.379. The third-order valence-corrected chi connectivity index (χ3v) is 5.16. The van der Waals surface area contributed by atoms with Crippen molar-refractivity contribution in [2.45, 2.75) is 0 Å². The number of anilines is 1. The van der Waals surface area contributed by atoms with Gasteiger partial charge < -0.3 is 0 Å². The van der Waals surface area contributed by atoms with E-state index >= 15 is 0 Å². The van der Waals surface area contributed by atoms with Crippen molar-refractivity contribution in [1.29, 1.82) is 0 Å². The number of hydrogen-bond acceptors (Lipinski definition) is 7. The number of aryl methyl sites for hydroxylation is 1. The molecule has 0 radical (unpaired) electrons. The highest BCUT2D eigenvalue weighted by atomic mass is 32.2.